The van der Waals surface area contributed by atoms with Gasteiger partial charge in [0.05, 0.1) is 44.7 Å². The normalized spacial score (nSPS) is 11.9. The molecule has 4 aromatic heterocycles. The van der Waals surface area contributed by atoms with E-state index in [9.17, 15) is 5.26 Å². The maximum Gasteiger partial charge on any atom is 0.137 e. The lowest BCUT2D eigenvalue weighted by Crippen LogP contribution is -2.00. The zero-order chi connectivity index (χ0) is 43.5. The van der Waals surface area contributed by atoms with Crippen LogP contribution in [0.15, 0.2) is 223 Å². The molecule has 10 aromatic carbocycles. The number of hydrogen-bond acceptors (Lipinski definition) is 2. The Balaban J connectivity index is 1.11. The molecule has 0 saturated heterocycles. The van der Waals surface area contributed by atoms with Gasteiger partial charge in [0.1, 0.15) is 11.2 Å². The highest BCUT2D eigenvalue weighted by Crippen LogP contribution is 2.44. The largest absolute Gasteiger partial charge is 0.456 e. The highest BCUT2D eigenvalue weighted by molar-refractivity contribution is 6.26. The highest BCUT2D eigenvalue weighted by Gasteiger charge is 2.23. The number of fused-ring (bicyclic) bond motifs is 13. The minimum atomic E-state index is 0.638. The van der Waals surface area contributed by atoms with Gasteiger partial charge in [-0.25, -0.2) is 0 Å². The molecule has 0 aliphatic heterocycles. The highest BCUT2D eigenvalue weighted by atomic mass is 16.3. The van der Waals surface area contributed by atoms with Crippen molar-refractivity contribution in [2.75, 3.05) is 0 Å². The second-order valence-corrected chi connectivity index (χ2v) is 17.2. The first-order valence-corrected chi connectivity index (χ1v) is 22.3. The second-order valence-electron chi connectivity index (χ2n) is 17.2. The van der Waals surface area contributed by atoms with E-state index in [1.807, 2.05) is 36.4 Å². The quantitative estimate of drug-likeness (QED) is 0.173. The fourth-order valence-electron chi connectivity index (χ4n) is 10.8. The lowest BCUT2D eigenvalue weighted by molar-refractivity contribution is 0.669. The van der Waals surface area contributed by atoms with Crippen LogP contribution in [0.4, 0.5) is 0 Å². The Morgan fingerprint density at radius 2 is 0.939 bits per heavy atom. The van der Waals surface area contributed by atoms with E-state index < -0.39 is 0 Å². The third-order valence-corrected chi connectivity index (χ3v) is 13.6. The van der Waals surface area contributed by atoms with Crippen LogP contribution in [0.25, 0.3) is 127 Å². The molecule has 5 nitrogen and oxygen atoms in total. The first kappa shape index (κ1) is 36.4. The number of furan rings is 1. The number of nitrogens with zero attached hydrogens (tertiary/aromatic N) is 4. The lowest BCUT2D eigenvalue weighted by atomic mass is 9.94. The van der Waals surface area contributed by atoms with E-state index in [2.05, 4.69) is 202 Å². The summed E-state index contributed by atoms with van der Waals surface area (Å²) in [5.74, 6) is 0. The Morgan fingerprint density at radius 3 is 1.68 bits per heavy atom. The van der Waals surface area contributed by atoms with Crippen molar-refractivity contribution in [3.8, 4) is 45.4 Å². The molecule has 0 fully saturated rings. The van der Waals surface area contributed by atoms with Gasteiger partial charge in [-0.2, -0.15) is 5.26 Å². The van der Waals surface area contributed by atoms with Crippen LogP contribution in [-0.4, -0.2) is 13.7 Å². The maximum atomic E-state index is 10.4. The van der Waals surface area contributed by atoms with Gasteiger partial charge >= 0.3 is 0 Å². The molecule has 0 unspecified atom stereocenters. The molecule has 0 amide bonds. The van der Waals surface area contributed by atoms with E-state index in [1.54, 1.807) is 0 Å². The van der Waals surface area contributed by atoms with E-state index in [4.69, 9.17) is 4.42 Å². The molecule has 0 atom stereocenters. The molecule has 0 radical (unpaired) electrons. The molecule has 4 heterocycles. The number of aromatic nitrogens is 3. The number of rotatable bonds is 5. The van der Waals surface area contributed by atoms with Crippen molar-refractivity contribution in [3.63, 3.8) is 0 Å². The average Bonchev–Trinajstić information content (AvgIpc) is 4.12. The Hall–Kier alpha value is -9.11. The molecule has 5 heteroatoms. The van der Waals surface area contributed by atoms with Crippen molar-refractivity contribution in [2.24, 2.45) is 0 Å². The smallest absolute Gasteiger partial charge is 0.137 e. The molecule has 0 saturated carbocycles. The van der Waals surface area contributed by atoms with E-state index in [1.165, 1.54) is 38.0 Å². The van der Waals surface area contributed by atoms with Crippen LogP contribution in [0.5, 0.6) is 0 Å². The monoisotopic (exact) mass is 840 g/mol. The standard InChI is InChI=1S/C61H36N4O/c62-37-40-28-27-39(33-50(40)38-15-3-1-4-16-38)41-31-43(34-44(32-41)64-53-23-11-8-20-46(53)51-35-52-47-21-10-14-26-58(47)66-59(52)36-57(51)64)63-55-25-13-9-22-49(55)60-56(63)30-29-48-45-19-7-12-24-54(45)65(61(48)60)42-17-5-2-6-18-42/h1-36H. The summed E-state index contributed by atoms with van der Waals surface area (Å²) in [4.78, 5) is 0. The van der Waals surface area contributed by atoms with Crippen LogP contribution in [0, 0.1) is 11.3 Å². The van der Waals surface area contributed by atoms with Gasteiger partial charge in [-0.1, -0.05) is 133 Å². The number of hydrogen-bond donors (Lipinski definition) is 0. The molecule has 66 heavy (non-hydrogen) atoms. The molecule has 0 aliphatic rings. The molecular formula is C61H36N4O. The summed E-state index contributed by atoms with van der Waals surface area (Å²) >= 11 is 0. The van der Waals surface area contributed by atoms with E-state index >= 15 is 0 Å². The van der Waals surface area contributed by atoms with Gasteiger partial charge in [-0.3, -0.25) is 0 Å². The SMILES string of the molecule is N#Cc1ccc(-c2cc(-n3c4ccccc4c4cc5c(cc43)oc3ccccc35)cc(-n3c4ccccc4c4c3ccc3c5ccccc5n(-c5ccccc5)c34)c2)cc1-c1ccccc1. The third-order valence-electron chi connectivity index (χ3n) is 13.6. The Bertz CT molecular complexity index is 4350. The summed E-state index contributed by atoms with van der Waals surface area (Å²) in [6, 6.07) is 80.2. The minimum absolute atomic E-state index is 0.638. The Labute approximate surface area is 378 Å². The predicted molar refractivity (Wildman–Crippen MR) is 272 cm³/mol. The molecule has 0 N–H and O–H groups in total. The van der Waals surface area contributed by atoms with Gasteiger partial charge in [0.25, 0.3) is 0 Å². The van der Waals surface area contributed by atoms with Crippen LogP contribution >= 0.6 is 0 Å². The first-order valence-electron chi connectivity index (χ1n) is 22.3. The zero-order valence-electron chi connectivity index (χ0n) is 35.5. The zero-order valence-corrected chi connectivity index (χ0v) is 35.5. The molecule has 14 aromatic rings. The van der Waals surface area contributed by atoms with Crippen LogP contribution in [-0.2, 0) is 0 Å². The minimum Gasteiger partial charge on any atom is -0.456 e. The van der Waals surface area contributed by atoms with Gasteiger partial charge < -0.3 is 18.1 Å². The fraction of sp³-hybridized carbons (Fsp3) is 0. The third kappa shape index (κ3) is 5.21. The van der Waals surface area contributed by atoms with Gasteiger partial charge in [0.2, 0.25) is 0 Å². The Morgan fingerprint density at radius 1 is 0.333 bits per heavy atom. The van der Waals surface area contributed by atoms with E-state index in [0.717, 1.165) is 88.7 Å². The summed E-state index contributed by atoms with van der Waals surface area (Å²) in [7, 11) is 0. The lowest BCUT2D eigenvalue weighted by Gasteiger charge is -2.17. The summed E-state index contributed by atoms with van der Waals surface area (Å²) in [5.41, 5.74) is 16.2. The first-order chi connectivity index (χ1) is 32.7. The van der Waals surface area contributed by atoms with Crippen molar-refractivity contribution in [1.82, 2.24) is 13.7 Å². The number of para-hydroxylation sites is 5. The fourth-order valence-corrected chi connectivity index (χ4v) is 10.8. The topological polar surface area (TPSA) is 51.7 Å². The van der Waals surface area contributed by atoms with Crippen molar-refractivity contribution >= 4 is 87.4 Å². The van der Waals surface area contributed by atoms with E-state index in [0.29, 0.717) is 5.56 Å². The molecule has 0 spiro atoms. The second kappa shape index (κ2) is 13.9. The van der Waals surface area contributed by atoms with Gasteiger partial charge in [-0.15, -0.1) is 0 Å². The number of benzene rings is 10. The van der Waals surface area contributed by atoms with Crippen LogP contribution in [0.1, 0.15) is 5.56 Å². The molecule has 14 rings (SSSR count). The summed E-state index contributed by atoms with van der Waals surface area (Å²) in [6.07, 6.45) is 0. The summed E-state index contributed by atoms with van der Waals surface area (Å²) in [5, 5.41) is 19.7. The van der Waals surface area contributed by atoms with Crippen molar-refractivity contribution in [1.29, 1.82) is 5.26 Å². The average molecular weight is 841 g/mol. The van der Waals surface area contributed by atoms with Crippen LogP contribution in [0.3, 0.4) is 0 Å². The molecule has 0 bridgehead atoms. The van der Waals surface area contributed by atoms with Crippen molar-refractivity contribution < 1.29 is 4.42 Å². The van der Waals surface area contributed by atoms with Crippen LogP contribution < -0.4 is 0 Å². The Kier molecular flexibility index (Phi) is 7.69. The summed E-state index contributed by atoms with van der Waals surface area (Å²) in [6.45, 7) is 0. The number of nitriles is 1. The molecular weight excluding hydrogens is 805 g/mol. The van der Waals surface area contributed by atoms with E-state index in [-0.39, 0.29) is 0 Å². The summed E-state index contributed by atoms with van der Waals surface area (Å²) < 4.78 is 13.8. The maximum absolute atomic E-state index is 10.4. The van der Waals surface area contributed by atoms with Gasteiger partial charge in [0.15, 0.2) is 0 Å². The molecule has 0 aliphatic carbocycles. The predicted octanol–water partition coefficient (Wildman–Crippen LogP) is 16.1. The van der Waals surface area contributed by atoms with Crippen LogP contribution in [0.2, 0.25) is 0 Å². The van der Waals surface area contributed by atoms with Gasteiger partial charge in [-0.05, 0) is 95.6 Å². The molecule has 306 valence electrons. The van der Waals surface area contributed by atoms with Crippen molar-refractivity contribution in [2.45, 2.75) is 0 Å². The van der Waals surface area contributed by atoms with Crippen molar-refractivity contribution in [3.05, 3.63) is 224 Å². The van der Waals surface area contributed by atoms with Gasteiger partial charge in [0, 0.05) is 71.8 Å².